The summed E-state index contributed by atoms with van der Waals surface area (Å²) in [6.45, 7) is 9.85. The van der Waals surface area contributed by atoms with E-state index in [0.29, 0.717) is 6.42 Å². The van der Waals surface area contributed by atoms with E-state index in [1.54, 1.807) is 4.31 Å². The van der Waals surface area contributed by atoms with Crippen LogP contribution in [0.4, 0.5) is 0 Å². The van der Waals surface area contributed by atoms with E-state index in [1.807, 2.05) is 52.8 Å². The average molecular weight is 311 g/mol. The highest BCUT2D eigenvalue weighted by Crippen LogP contribution is 2.44. The third-order valence-corrected chi connectivity index (χ3v) is 5.24. The zero-order valence-corrected chi connectivity index (χ0v) is 14.5. The number of aryl methyl sites for hydroxylation is 1. The quantitative estimate of drug-likeness (QED) is 0.860. The average Bonchev–Trinajstić information content (AvgIpc) is 2.26. The Labute approximate surface area is 128 Å². The zero-order valence-electron chi connectivity index (χ0n) is 13.7. The van der Waals surface area contributed by atoms with Crippen LogP contribution >= 0.6 is 0 Å². The second-order valence-electron chi connectivity index (χ2n) is 6.81. The molecule has 1 unspecified atom stereocenters. The number of rotatable bonds is 3. The van der Waals surface area contributed by atoms with Gasteiger partial charge in [-0.25, -0.2) is 8.42 Å². The van der Waals surface area contributed by atoms with Crippen molar-refractivity contribution >= 4 is 10.0 Å². The number of nitrogens with zero attached hydrogens (tertiary/aromatic N) is 1. The van der Waals surface area contributed by atoms with E-state index in [2.05, 4.69) is 0 Å². The van der Waals surface area contributed by atoms with Gasteiger partial charge in [-0.15, -0.1) is 0 Å². The monoisotopic (exact) mass is 311 g/mol. The Morgan fingerprint density at radius 2 is 1.95 bits per heavy atom. The second kappa shape index (κ2) is 5.29. The molecule has 1 aromatic carbocycles. The lowest BCUT2D eigenvalue weighted by molar-refractivity contribution is 0.0456. The van der Waals surface area contributed by atoms with E-state index in [9.17, 15) is 8.42 Å². The summed E-state index contributed by atoms with van der Waals surface area (Å²) >= 11 is 0. The van der Waals surface area contributed by atoms with Crippen LogP contribution in [0, 0.1) is 6.92 Å². The van der Waals surface area contributed by atoms with Crippen molar-refractivity contribution in [1.82, 2.24) is 4.31 Å². The van der Waals surface area contributed by atoms with Crippen LogP contribution in [0.25, 0.3) is 0 Å². The lowest BCUT2D eigenvalue weighted by atomic mass is 9.88. The van der Waals surface area contributed by atoms with Crippen molar-refractivity contribution in [2.75, 3.05) is 6.26 Å². The lowest BCUT2D eigenvalue weighted by Crippen LogP contribution is -2.46. The highest BCUT2D eigenvalue weighted by atomic mass is 32.2. The minimum absolute atomic E-state index is 0.0905. The van der Waals surface area contributed by atoms with Crippen LogP contribution in [0.5, 0.6) is 5.75 Å². The van der Waals surface area contributed by atoms with Gasteiger partial charge in [-0.3, -0.25) is 0 Å². The molecule has 0 saturated carbocycles. The molecule has 1 atom stereocenters. The number of hydrogen-bond donors (Lipinski definition) is 0. The normalized spacial score (nSPS) is 21.2. The molecule has 0 N–H and O–H groups in total. The predicted molar refractivity (Wildman–Crippen MR) is 85.1 cm³/mol. The van der Waals surface area contributed by atoms with Crippen molar-refractivity contribution in [3.8, 4) is 5.75 Å². The van der Waals surface area contributed by atoms with E-state index in [4.69, 9.17) is 4.74 Å². The number of sulfonamides is 1. The number of fused-ring (bicyclic) bond motifs is 1. The summed E-state index contributed by atoms with van der Waals surface area (Å²) in [5.41, 5.74) is 1.69. The Morgan fingerprint density at radius 1 is 1.33 bits per heavy atom. The summed E-state index contributed by atoms with van der Waals surface area (Å²) in [7, 11) is -3.29. The summed E-state index contributed by atoms with van der Waals surface area (Å²) in [6, 6.07) is 5.71. The van der Waals surface area contributed by atoms with Crippen molar-refractivity contribution in [3.63, 3.8) is 0 Å². The third-order valence-electron chi connectivity index (χ3n) is 3.79. The molecule has 118 valence electrons. The Balaban J connectivity index is 2.60. The number of hydrogen-bond acceptors (Lipinski definition) is 3. The second-order valence-corrected chi connectivity index (χ2v) is 8.70. The van der Waals surface area contributed by atoms with Crippen LogP contribution in [0.3, 0.4) is 0 Å². The highest BCUT2D eigenvalue weighted by Gasteiger charge is 2.40. The smallest absolute Gasteiger partial charge is 0.212 e. The maximum absolute atomic E-state index is 12.3. The molecule has 0 spiro atoms. The van der Waals surface area contributed by atoms with Crippen molar-refractivity contribution in [2.45, 2.75) is 58.7 Å². The predicted octanol–water partition coefficient (Wildman–Crippen LogP) is 3.27. The SMILES string of the molecule is Cc1ccc2c(c1)C(N(C(C)C)S(C)(=O)=O)CC(C)(C)O2. The molecule has 0 saturated heterocycles. The first-order valence-electron chi connectivity index (χ1n) is 7.29. The molecule has 0 bridgehead atoms. The van der Waals surface area contributed by atoms with Gasteiger partial charge in [0.1, 0.15) is 11.4 Å². The number of ether oxygens (including phenoxy) is 1. The summed E-state index contributed by atoms with van der Waals surface area (Å²) < 4.78 is 32.2. The van der Waals surface area contributed by atoms with Gasteiger partial charge in [-0.2, -0.15) is 4.31 Å². The van der Waals surface area contributed by atoms with Crippen molar-refractivity contribution in [3.05, 3.63) is 29.3 Å². The molecule has 1 aliphatic heterocycles. The maximum Gasteiger partial charge on any atom is 0.212 e. The molecule has 1 aliphatic rings. The third kappa shape index (κ3) is 3.40. The molecule has 0 amide bonds. The molecule has 21 heavy (non-hydrogen) atoms. The molecular weight excluding hydrogens is 286 g/mol. The Kier molecular flexibility index (Phi) is 4.10. The van der Waals surface area contributed by atoms with Gasteiger partial charge in [0, 0.05) is 18.0 Å². The number of benzene rings is 1. The molecule has 4 nitrogen and oxygen atoms in total. The Morgan fingerprint density at radius 3 is 2.48 bits per heavy atom. The summed E-state index contributed by atoms with van der Waals surface area (Å²) in [4.78, 5) is 0. The van der Waals surface area contributed by atoms with Crippen molar-refractivity contribution in [1.29, 1.82) is 0 Å². The first kappa shape index (κ1) is 16.3. The van der Waals surface area contributed by atoms with Gasteiger partial charge >= 0.3 is 0 Å². The molecule has 0 radical (unpaired) electrons. The first-order chi connectivity index (χ1) is 9.51. The minimum Gasteiger partial charge on any atom is -0.487 e. The fraction of sp³-hybridized carbons (Fsp3) is 0.625. The molecule has 1 heterocycles. The Hall–Kier alpha value is -1.07. The fourth-order valence-electron chi connectivity index (χ4n) is 3.14. The van der Waals surface area contributed by atoms with Crippen molar-refractivity contribution < 1.29 is 13.2 Å². The molecule has 1 aromatic rings. The van der Waals surface area contributed by atoms with Gasteiger partial charge in [0.15, 0.2) is 0 Å². The topological polar surface area (TPSA) is 46.6 Å². The summed E-state index contributed by atoms with van der Waals surface area (Å²) in [5, 5.41) is 0. The van der Waals surface area contributed by atoms with Gasteiger partial charge in [-0.1, -0.05) is 17.7 Å². The van der Waals surface area contributed by atoms with Crippen LogP contribution in [0.2, 0.25) is 0 Å². The molecular formula is C16H25NO3S. The van der Waals surface area contributed by atoms with Crippen LogP contribution in [-0.4, -0.2) is 30.6 Å². The van der Waals surface area contributed by atoms with Gasteiger partial charge in [0.05, 0.1) is 12.3 Å². The van der Waals surface area contributed by atoms with E-state index in [0.717, 1.165) is 16.9 Å². The summed E-state index contributed by atoms with van der Waals surface area (Å²) in [5.74, 6) is 0.788. The van der Waals surface area contributed by atoms with E-state index < -0.39 is 10.0 Å². The van der Waals surface area contributed by atoms with E-state index >= 15 is 0 Å². The van der Waals surface area contributed by atoms with Crippen molar-refractivity contribution in [2.24, 2.45) is 0 Å². The van der Waals surface area contributed by atoms with Gasteiger partial charge in [0.25, 0.3) is 0 Å². The van der Waals surface area contributed by atoms with Gasteiger partial charge < -0.3 is 4.74 Å². The standard InChI is InChI=1S/C16H25NO3S/c1-11(2)17(21(6,18)19)14-10-16(4,5)20-15-8-7-12(3)9-13(14)15/h7-9,11,14H,10H2,1-6H3. The molecule has 0 aromatic heterocycles. The van der Waals surface area contributed by atoms with Crippen LogP contribution in [-0.2, 0) is 10.0 Å². The molecule has 2 rings (SSSR count). The first-order valence-corrected chi connectivity index (χ1v) is 9.14. The van der Waals surface area contributed by atoms with Crippen LogP contribution in [0.1, 0.15) is 51.3 Å². The highest BCUT2D eigenvalue weighted by molar-refractivity contribution is 7.88. The molecule has 0 aliphatic carbocycles. The van der Waals surface area contributed by atoms with E-state index in [1.165, 1.54) is 6.26 Å². The van der Waals surface area contributed by atoms with Gasteiger partial charge in [0.2, 0.25) is 10.0 Å². The lowest BCUT2D eigenvalue weighted by Gasteiger charge is -2.43. The Bertz CT molecular complexity index is 635. The fourth-order valence-corrected chi connectivity index (χ4v) is 4.55. The minimum atomic E-state index is -3.29. The molecule has 5 heteroatoms. The van der Waals surface area contributed by atoms with Crippen LogP contribution < -0.4 is 4.74 Å². The molecule has 0 fully saturated rings. The maximum atomic E-state index is 12.3. The largest absolute Gasteiger partial charge is 0.487 e. The zero-order chi connectivity index (χ0) is 16.0. The van der Waals surface area contributed by atoms with E-state index in [-0.39, 0.29) is 17.7 Å². The summed E-state index contributed by atoms with van der Waals surface area (Å²) in [6.07, 6.45) is 1.93. The van der Waals surface area contributed by atoms with Crippen LogP contribution in [0.15, 0.2) is 18.2 Å². The van der Waals surface area contributed by atoms with Gasteiger partial charge in [-0.05, 0) is 40.7 Å².